The van der Waals surface area contributed by atoms with E-state index in [0.29, 0.717) is 31.3 Å². The number of rotatable bonds is 4. The Bertz CT molecular complexity index is 1320. The van der Waals surface area contributed by atoms with Crippen LogP contribution in [0.15, 0.2) is 47.0 Å². The number of likely N-dealkylation sites (tertiary alicyclic amines) is 1. The lowest BCUT2D eigenvalue weighted by atomic mass is 10.1. The van der Waals surface area contributed by atoms with Crippen LogP contribution in [0.5, 0.6) is 5.75 Å². The number of nitrogens with zero attached hydrogens (tertiary/aromatic N) is 5. The predicted octanol–water partition coefficient (Wildman–Crippen LogP) is 2.71. The lowest BCUT2D eigenvalue weighted by Gasteiger charge is -2.29. The summed E-state index contributed by atoms with van der Waals surface area (Å²) in [5.41, 5.74) is 1.04. The molecule has 0 atom stereocenters. The summed E-state index contributed by atoms with van der Waals surface area (Å²) in [5, 5.41) is 29.0. The van der Waals surface area contributed by atoms with Crippen LogP contribution in [-0.4, -0.2) is 60.4 Å². The number of pyridine rings is 2. The molecule has 1 aromatic carbocycles. The largest absolute Gasteiger partial charge is 0.504 e. The molecule has 168 valence electrons. The number of piperidine rings is 1. The number of benzene rings is 1. The maximum Gasteiger partial charge on any atom is 0.273 e. The zero-order chi connectivity index (χ0) is 22.9. The quantitative estimate of drug-likeness (QED) is 0.487. The summed E-state index contributed by atoms with van der Waals surface area (Å²) >= 11 is 0. The van der Waals surface area contributed by atoms with Crippen molar-refractivity contribution in [3.8, 4) is 17.3 Å². The molecule has 5 rings (SSSR count). The van der Waals surface area contributed by atoms with E-state index < -0.39 is 6.10 Å². The Kier molecular flexibility index (Phi) is 5.43. The Labute approximate surface area is 187 Å². The molecule has 0 saturated carbocycles. The zero-order valence-corrected chi connectivity index (χ0v) is 17.5. The average molecular weight is 449 g/mol. The number of carbonyl (C=O) groups is 1. The number of fused-ring (bicyclic) bond motifs is 1. The van der Waals surface area contributed by atoms with Crippen molar-refractivity contribution >= 4 is 16.8 Å². The van der Waals surface area contributed by atoms with E-state index in [2.05, 4.69) is 20.2 Å². The number of amides is 1. The standard InChI is InChI=1S/C23H20FN5O4/c24-14-5-3-13(4-6-14)12-17-27-28-22(33-17)20-21(31)18-16(2-1-9-25-18)19(26-20)23(32)29-10-7-15(30)8-11-29/h1-6,9,15,30-31H,7-8,10-12H2. The van der Waals surface area contributed by atoms with Crippen molar-refractivity contribution in [2.45, 2.75) is 25.4 Å². The molecule has 1 fully saturated rings. The van der Waals surface area contributed by atoms with Crippen LogP contribution in [0, 0.1) is 5.82 Å². The molecule has 0 spiro atoms. The van der Waals surface area contributed by atoms with Gasteiger partial charge in [-0.15, -0.1) is 10.2 Å². The van der Waals surface area contributed by atoms with Crippen LogP contribution in [0.4, 0.5) is 4.39 Å². The summed E-state index contributed by atoms with van der Waals surface area (Å²) in [6.07, 6.45) is 2.33. The summed E-state index contributed by atoms with van der Waals surface area (Å²) in [7, 11) is 0. The van der Waals surface area contributed by atoms with Crippen molar-refractivity contribution in [3.05, 3.63) is 65.6 Å². The number of aromatic nitrogens is 4. The number of aromatic hydroxyl groups is 1. The van der Waals surface area contributed by atoms with E-state index in [1.54, 1.807) is 29.2 Å². The lowest BCUT2D eigenvalue weighted by molar-refractivity contribution is 0.0543. The van der Waals surface area contributed by atoms with Crippen LogP contribution in [0.3, 0.4) is 0 Å². The Balaban J connectivity index is 1.52. The predicted molar refractivity (Wildman–Crippen MR) is 115 cm³/mol. The van der Waals surface area contributed by atoms with Crippen LogP contribution in [0.25, 0.3) is 22.5 Å². The molecular formula is C23H20FN5O4. The number of hydrogen-bond donors (Lipinski definition) is 2. The van der Waals surface area contributed by atoms with Crippen LogP contribution in [0.1, 0.15) is 34.8 Å². The second-order valence-corrected chi connectivity index (χ2v) is 7.88. The fourth-order valence-corrected chi connectivity index (χ4v) is 3.85. The average Bonchev–Trinajstić information content (AvgIpc) is 3.29. The van der Waals surface area contributed by atoms with Gasteiger partial charge in [0, 0.05) is 24.7 Å². The van der Waals surface area contributed by atoms with Crippen LogP contribution >= 0.6 is 0 Å². The molecule has 1 aliphatic rings. The third-order valence-corrected chi connectivity index (χ3v) is 5.63. The van der Waals surface area contributed by atoms with Gasteiger partial charge in [0.15, 0.2) is 11.4 Å². The Morgan fingerprint density at radius 2 is 1.91 bits per heavy atom. The molecule has 1 saturated heterocycles. The zero-order valence-electron chi connectivity index (χ0n) is 17.5. The smallest absolute Gasteiger partial charge is 0.273 e. The highest BCUT2D eigenvalue weighted by molar-refractivity contribution is 6.07. The highest BCUT2D eigenvalue weighted by atomic mass is 19.1. The minimum absolute atomic E-state index is 0.0422. The van der Waals surface area contributed by atoms with E-state index in [-0.39, 0.29) is 52.6 Å². The molecule has 33 heavy (non-hydrogen) atoms. The number of carbonyl (C=O) groups excluding carboxylic acids is 1. The molecule has 10 heteroatoms. The lowest BCUT2D eigenvalue weighted by Crippen LogP contribution is -2.40. The van der Waals surface area contributed by atoms with Gasteiger partial charge < -0.3 is 19.5 Å². The van der Waals surface area contributed by atoms with E-state index in [0.717, 1.165) is 5.56 Å². The Morgan fingerprint density at radius 3 is 2.67 bits per heavy atom. The fourth-order valence-electron chi connectivity index (χ4n) is 3.85. The molecule has 4 heterocycles. The molecule has 1 amide bonds. The molecule has 1 aliphatic heterocycles. The fraction of sp³-hybridized carbons (Fsp3) is 0.261. The third-order valence-electron chi connectivity index (χ3n) is 5.63. The second-order valence-electron chi connectivity index (χ2n) is 7.88. The van der Waals surface area contributed by atoms with E-state index in [1.165, 1.54) is 18.3 Å². The summed E-state index contributed by atoms with van der Waals surface area (Å²) in [6, 6.07) is 9.23. The third kappa shape index (κ3) is 4.12. The van der Waals surface area contributed by atoms with Gasteiger partial charge >= 0.3 is 0 Å². The molecule has 0 aliphatic carbocycles. The molecule has 0 bridgehead atoms. The van der Waals surface area contributed by atoms with Crippen LogP contribution in [-0.2, 0) is 6.42 Å². The van der Waals surface area contributed by atoms with Gasteiger partial charge in [0.2, 0.25) is 5.89 Å². The summed E-state index contributed by atoms with van der Waals surface area (Å²) in [5.74, 6) is -0.749. The maximum atomic E-state index is 13.3. The number of hydrogen-bond acceptors (Lipinski definition) is 8. The van der Waals surface area contributed by atoms with E-state index in [4.69, 9.17) is 4.42 Å². The molecule has 3 aromatic heterocycles. The number of halogens is 1. The van der Waals surface area contributed by atoms with Crippen molar-refractivity contribution in [2.24, 2.45) is 0 Å². The van der Waals surface area contributed by atoms with Crippen molar-refractivity contribution in [3.63, 3.8) is 0 Å². The summed E-state index contributed by atoms with van der Waals surface area (Å²) in [6.45, 7) is 0.810. The van der Waals surface area contributed by atoms with E-state index in [9.17, 15) is 19.4 Å². The van der Waals surface area contributed by atoms with Crippen LogP contribution in [0.2, 0.25) is 0 Å². The van der Waals surface area contributed by atoms with Gasteiger partial charge in [0.05, 0.1) is 12.5 Å². The van der Waals surface area contributed by atoms with Crippen molar-refractivity contribution in [1.29, 1.82) is 0 Å². The SMILES string of the molecule is O=C(c1nc(-c2nnc(Cc3ccc(F)cc3)o2)c(O)c2ncccc12)N1CCC(O)CC1. The van der Waals surface area contributed by atoms with Gasteiger partial charge in [-0.1, -0.05) is 12.1 Å². The topological polar surface area (TPSA) is 125 Å². The van der Waals surface area contributed by atoms with Crippen molar-refractivity contribution in [1.82, 2.24) is 25.1 Å². The molecule has 0 radical (unpaired) electrons. The highest BCUT2D eigenvalue weighted by Gasteiger charge is 2.28. The normalized spacial score (nSPS) is 14.7. The first-order valence-corrected chi connectivity index (χ1v) is 10.5. The molecule has 2 N–H and O–H groups in total. The van der Waals surface area contributed by atoms with Crippen molar-refractivity contribution in [2.75, 3.05) is 13.1 Å². The van der Waals surface area contributed by atoms with Gasteiger partial charge in [-0.2, -0.15) is 0 Å². The molecular weight excluding hydrogens is 429 g/mol. The monoisotopic (exact) mass is 449 g/mol. The van der Waals surface area contributed by atoms with Gasteiger partial charge in [-0.25, -0.2) is 9.37 Å². The van der Waals surface area contributed by atoms with Gasteiger partial charge in [-0.05, 0) is 42.7 Å². The maximum absolute atomic E-state index is 13.3. The highest BCUT2D eigenvalue weighted by Crippen LogP contribution is 2.34. The first-order chi connectivity index (χ1) is 16.0. The molecule has 4 aromatic rings. The minimum Gasteiger partial charge on any atom is -0.504 e. The van der Waals surface area contributed by atoms with E-state index in [1.807, 2.05) is 0 Å². The van der Waals surface area contributed by atoms with Gasteiger partial charge in [0.1, 0.15) is 17.0 Å². The van der Waals surface area contributed by atoms with Crippen molar-refractivity contribution < 1.29 is 23.8 Å². The number of aliphatic hydroxyl groups excluding tert-OH is 1. The van der Waals surface area contributed by atoms with E-state index >= 15 is 0 Å². The van der Waals surface area contributed by atoms with Crippen LogP contribution < -0.4 is 0 Å². The molecule has 9 nitrogen and oxygen atoms in total. The Morgan fingerprint density at radius 1 is 1.15 bits per heavy atom. The summed E-state index contributed by atoms with van der Waals surface area (Å²) < 4.78 is 18.8. The van der Waals surface area contributed by atoms with Gasteiger partial charge in [-0.3, -0.25) is 9.78 Å². The molecule has 0 unspecified atom stereocenters. The summed E-state index contributed by atoms with van der Waals surface area (Å²) in [4.78, 5) is 23.5. The Hall–Kier alpha value is -3.92. The second kappa shape index (κ2) is 8.55. The number of aliphatic hydroxyl groups is 1. The first-order valence-electron chi connectivity index (χ1n) is 10.5. The minimum atomic E-state index is -0.422. The van der Waals surface area contributed by atoms with Gasteiger partial charge in [0.25, 0.3) is 11.8 Å². The first kappa shape index (κ1) is 21.0.